The van der Waals surface area contributed by atoms with Gasteiger partial charge in [-0.3, -0.25) is 4.99 Å². The molecule has 1 aromatic carbocycles. The second-order valence-corrected chi connectivity index (χ2v) is 6.72. The highest BCUT2D eigenvalue weighted by molar-refractivity contribution is 7.11. The van der Waals surface area contributed by atoms with Crippen LogP contribution in [0.5, 0.6) is 0 Å². The van der Waals surface area contributed by atoms with Gasteiger partial charge in [0.05, 0.1) is 18.6 Å². The maximum absolute atomic E-state index is 14.3. The summed E-state index contributed by atoms with van der Waals surface area (Å²) in [6, 6.07) is 5.13. The smallest absolute Gasteiger partial charge is 0.191 e. The van der Waals surface area contributed by atoms with Gasteiger partial charge < -0.3 is 15.2 Å². The minimum atomic E-state index is -0.293. The molecule has 25 heavy (non-hydrogen) atoms. The minimum absolute atomic E-state index is 0.293. The first kappa shape index (κ1) is 17.1. The molecule has 3 aromatic rings. The number of aromatic nitrogens is 3. The van der Waals surface area contributed by atoms with Gasteiger partial charge in [0.2, 0.25) is 0 Å². The highest BCUT2D eigenvalue weighted by Gasteiger charge is 2.06. The van der Waals surface area contributed by atoms with Crippen molar-refractivity contribution < 1.29 is 4.39 Å². The van der Waals surface area contributed by atoms with Crippen LogP contribution in [0.4, 0.5) is 4.39 Å². The van der Waals surface area contributed by atoms with Crippen LogP contribution in [-0.4, -0.2) is 27.5 Å². The second-order valence-electron chi connectivity index (χ2n) is 5.40. The van der Waals surface area contributed by atoms with Gasteiger partial charge in [0.15, 0.2) is 5.96 Å². The van der Waals surface area contributed by atoms with Crippen LogP contribution in [0, 0.1) is 12.7 Å². The van der Waals surface area contributed by atoms with Gasteiger partial charge >= 0.3 is 0 Å². The SMILES string of the molecule is CN=C(NCc1ccc(-n2ccnc2)c(F)c1)NCc1ncc(C)s1. The van der Waals surface area contributed by atoms with E-state index < -0.39 is 0 Å². The van der Waals surface area contributed by atoms with E-state index >= 15 is 0 Å². The third-order valence-corrected chi connectivity index (χ3v) is 4.47. The molecule has 0 unspecified atom stereocenters. The minimum Gasteiger partial charge on any atom is -0.352 e. The number of nitrogens with one attached hydrogen (secondary N) is 2. The number of imidazole rings is 1. The van der Waals surface area contributed by atoms with Crippen LogP contribution in [0.2, 0.25) is 0 Å². The van der Waals surface area contributed by atoms with E-state index in [4.69, 9.17) is 0 Å². The van der Waals surface area contributed by atoms with Crippen LogP contribution >= 0.6 is 11.3 Å². The largest absolute Gasteiger partial charge is 0.352 e. The molecule has 0 saturated carbocycles. The number of guanidine groups is 1. The van der Waals surface area contributed by atoms with Crippen molar-refractivity contribution in [3.63, 3.8) is 0 Å². The molecule has 0 aliphatic rings. The monoisotopic (exact) mass is 358 g/mol. The molecule has 2 N–H and O–H groups in total. The Morgan fingerprint density at radius 2 is 2.16 bits per heavy atom. The summed E-state index contributed by atoms with van der Waals surface area (Å²) in [5, 5.41) is 7.37. The number of aliphatic imine (C=N–C) groups is 1. The number of aryl methyl sites for hydroxylation is 1. The first-order chi connectivity index (χ1) is 12.2. The van der Waals surface area contributed by atoms with Gasteiger partial charge in [-0.2, -0.15) is 0 Å². The topological polar surface area (TPSA) is 67.1 Å². The average molecular weight is 358 g/mol. The highest BCUT2D eigenvalue weighted by Crippen LogP contribution is 2.15. The molecule has 0 atom stereocenters. The number of thiazole rings is 1. The first-order valence-corrected chi connectivity index (χ1v) is 8.60. The Kier molecular flexibility index (Phi) is 5.39. The summed E-state index contributed by atoms with van der Waals surface area (Å²) in [4.78, 5) is 13.6. The molecule has 0 fully saturated rings. The van der Waals surface area contributed by atoms with Crippen LogP contribution in [0.15, 0.2) is 48.1 Å². The van der Waals surface area contributed by atoms with Crippen LogP contribution in [-0.2, 0) is 13.1 Å². The fourth-order valence-corrected chi connectivity index (χ4v) is 3.05. The Balaban J connectivity index is 1.57. The molecular formula is C17H19FN6S. The summed E-state index contributed by atoms with van der Waals surface area (Å²) in [6.07, 6.45) is 6.75. The predicted molar refractivity (Wildman–Crippen MR) is 97.4 cm³/mol. The van der Waals surface area contributed by atoms with Crippen molar-refractivity contribution in [3.05, 3.63) is 64.4 Å². The highest BCUT2D eigenvalue weighted by atomic mass is 32.1. The quantitative estimate of drug-likeness (QED) is 0.544. The molecule has 0 spiro atoms. The zero-order valence-corrected chi connectivity index (χ0v) is 14.8. The number of nitrogens with zero attached hydrogens (tertiary/aromatic N) is 4. The van der Waals surface area contributed by atoms with Crippen LogP contribution in [0.3, 0.4) is 0 Å². The van der Waals surface area contributed by atoms with Crippen molar-refractivity contribution in [3.8, 4) is 5.69 Å². The third-order valence-electron chi connectivity index (χ3n) is 3.55. The third kappa shape index (κ3) is 4.42. The second kappa shape index (κ2) is 7.89. The Labute approximate surface area is 149 Å². The predicted octanol–water partition coefficient (Wildman–Crippen LogP) is 2.64. The average Bonchev–Trinajstić information content (AvgIpc) is 3.27. The molecule has 0 aliphatic carbocycles. The number of hydrogen-bond acceptors (Lipinski definition) is 4. The standard InChI is InChI=1S/C17H19FN6S/c1-12-8-21-16(25-12)10-23-17(19-2)22-9-13-3-4-15(14(18)7-13)24-6-5-20-11-24/h3-8,11H,9-10H2,1-2H3,(H2,19,22,23). The van der Waals surface area contributed by atoms with E-state index in [0.717, 1.165) is 10.6 Å². The molecule has 0 bridgehead atoms. The van der Waals surface area contributed by atoms with Crippen molar-refractivity contribution >= 4 is 17.3 Å². The molecule has 3 rings (SSSR count). The van der Waals surface area contributed by atoms with E-state index in [2.05, 4.69) is 25.6 Å². The van der Waals surface area contributed by atoms with E-state index in [0.29, 0.717) is 24.7 Å². The lowest BCUT2D eigenvalue weighted by Gasteiger charge is -2.12. The van der Waals surface area contributed by atoms with Gasteiger partial charge in [-0.05, 0) is 24.6 Å². The normalized spacial score (nSPS) is 11.6. The zero-order chi connectivity index (χ0) is 17.6. The Morgan fingerprint density at radius 1 is 1.32 bits per heavy atom. The molecular weight excluding hydrogens is 339 g/mol. The van der Waals surface area contributed by atoms with Gasteiger partial charge in [0, 0.05) is 37.1 Å². The Hall–Kier alpha value is -2.74. The van der Waals surface area contributed by atoms with Crippen molar-refractivity contribution in [2.45, 2.75) is 20.0 Å². The van der Waals surface area contributed by atoms with Gasteiger partial charge in [-0.1, -0.05) is 6.07 Å². The van der Waals surface area contributed by atoms with Crippen molar-refractivity contribution in [1.29, 1.82) is 0 Å². The molecule has 8 heteroatoms. The van der Waals surface area contributed by atoms with Gasteiger partial charge in [-0.25, -0.2) is 14.4 Å². The van der Waals surface area contributed by atoms with Crippen LogP contribution < -0.4 is 10.6 Å². The molecule has 0 saturated heterocycles. The molecule has 2 aromatic heterocycles. The molecule has 130 valence electrons. The molecule has 0 amide bonds. The van der Waals surface area contributed by atoms with Crippen LogP contribution in [0.25, 0.3) is 5.69 Å². The lowest BCUT2D eigenvalue weighted by Crippen LogP contribution is -2.36. The molecule has 0 radical (unpaired) electrons. The summed E-state index contributed by atoms with van der Waals surface area (Å²) in [5.41, 5.74) is 1.30. The Morgan fingerprint density at radius 3 is 2.80 bits per heavy atom. The number of hydrogen-bond donors (Lipinski definition) is 2. The number of halogens is 1. The maximum Gasteiger partial charge on any atom is 0.191 e. The summed E-state index contributed by atoms with van der Waals surface area (Å²) in [6.45, 7) is 3.10. The first-order valence-electron chi connectivity index (χ1n) is 7.78. The molecule has 6 nitrogen and oxygen atoms in total. The summed E-state index contributed by atoms with van der Waals surface area (Å²) >= 11 is 1.64. The summed E-state index contributed by atoms with van der Waals surface area (Å²) in [5.74, 6) is 0.352. The fraction of sp³-hybridized carbons (Fsp3) is 0.235. The van der Waals surface area contributed by atoms with E-state index in [9.17, 15) is 4.39 Å². The van der Waals surface area contributed by atoms with E-state index in [1.54, 1.807) is 47.7 Å². The Bertz CT molecular complexity index is 856. The zero-order valence-electron chi connectivity index (χ0n) is 14.0. The summed E-state index contributed by atoms with van der Waals surface area (Å²) in [7, 11) is 1.70. The van der Waals surface area contributed by atoms with Crippen molar-refractivity contribution in [2.75, 3.05) is 7.05 Å². The van der Waals surface area contributed by atoms with E-state index in [1.807, 2.05) is 19.2 Å². The maximum atomic E-state index is 14.3. The lowest BCUT2D eigenvalue weighted by atomic mass is 10.2. The van der Waals surface area contributed by atoms with Crippen molar-refractivity contribution in [1.82, 2.24) is 25.2 Å². The van der Waals surface area contributed by atoms with E-state index in [1.165, 1.54) is 10.9 Å². The van der Waals surface area contributed by atoms with Gasteiger partial charge in [0.25, 0.3) is 0 Å². The van der Waals surface area contributed by atoms with Gasteiger partial charge in [-0.15, -0.1) is 11.3 Å². The molecule has 0 aliphatic heterocycles. The van der Waals surface area contributed by atoms with Crippen LogP contribution in [0.1, 0.15) is 15.4 Å². The van der Waals surface area contributed by atoms with Crippen molar-refractivity contribution in [2.24, 2.45) is 4.99 Å². The summed E-state index contributed by atoms with van der Waals surface area (Å²) < 4.78 is 15.9. The fourth-order valence-electron chi connectivity index (χ4n) is 2.32. The lowest BCUT2D eigenvalue weighted by molar-refractivity contribution is 0.615. The molecule has 2 heterocycles. The van der Waals surface area contributed by atoms with Gasteiger partial charge in [0.1, 0.15) is 10.8 Å². The van der Waals surface area contributed by atoms with E-state index in [-0.39, 0.29) is 5.82 Å². The number of benzene rings is 1. The number of rotatable bonds is 5.